The van der Waals surface area contributed by atoms with Gasteiger partial charge in [0.15, 0.2) is 0 Å². The van der Waals surface area contributed by atoms with Gasteiger partial charge < -0.3 is 16.0 Å². The van der Waals surface area contributed by atoms with Gasteiger partial charge in [0.1, 0.15) is 0 Å². The molecule has 0 aliphatic heterocycles. The molecule has 4 rings (SSSR count). The number of carbonyl (C=O) groups excluding carboxylic acids is 2. The molecule has 3 aliphatic rings. The first-order valence-corrected chi connectivity index (χ1v) is 13.1. The van der Waals surface area contributed by atoms with Crippen LogP contribution >= 0.6 is 0 Å². The maximum atomic E-state index is 13.5. The highest BCUT2D eigenvalue weighted by atomic mass is 16.2. The maximum absolute atomic E-state index is 13.5. The predicted molar refractivity (Wildman–Crippen MR) is 129 cm³/mol. The summed E-state index contributed by atoms with van der Waals surface area (Å²) in [6.07, 6.45) is 15.5. The van der Waals surface area contributed by atoms with E-state index in [1.165, 1.54) is 19.3 Å². The number of hydrogen-bond acceptors (Lipinski definition) is 3. The summed E-state index contributed by atoms with van der Waals surface area (Å²) in [5.41, 5.74) is 8.47. The molecule has 3 fully saturated rings. The number of carbonyl (C=O) groups is 2. The van der Waals surface area contributed by atoms with E-state index >= 15 is 0 Å². The third-order valence-electron chi connectivity index (χ3n) is 7.97. The summed E-state index contributed by atoms with van der Waals surface area (Å²) in [6.45, 7) is 0.616. The Morgan fingerprint density at radius 2 is 1.34 bits per heavy atom. The standard InChI is InChI=1S/C27H41N3O2/c28-24-13-7-8-14-25(24)30(27(32)22-11-5-2-6-12-22)19-20-15-17-23(18-16-20)29-26(31)21-9-3-1-4-10-21/h15-18,21-22,24-25H,1-14,19,28H2,(H,29,31). The van der Waals surface area contributed by atoms with Gasteiger partial charge in [-0.25, -0.2) is 0 Å². The molecule has 5 nitrogen and oxygen atoms in total. The minimum absolute atomic E-state index is 0.0744. The van der Waals surface area contributed by atoms with Gasteiger partial charge in [0, 0.05) is 36.2 Å². The lowest BCUT2D eigenvalue weighted by Gasteiger charge is -2.40. The molecule has 176 valence electrons. The molecule has 0 spiro atoms. The first-order chi connectivity index (χ1) is 15.6. The van der Waals surface area contributed by atoms with Crippen LogP contribution < -0.4 is 11.1 Å². The molecule has 3 N–H and O–H groups in total. The van der Waals surface area contributed by atoms with Gasteiger partial charge in [0.25, 0.3) is 0 Å². The molecule has 1 aromatic rings. The van der Waals surface area contributed by atoms with Crippen molar-refractivity contribution in [2.75, 3.05) is 5.32 Å². The van der Waals surface area contributed by atoms with E-state index in [-0.39, 0.29) is 29.8 Å². The summed E-state index contributed by atoms with van der Waals surface area (Å²) in [4.78, 5) is 28.2. The van der Waals surface area contributed by atoms with Gasteiger partial charge in [-0.2, -0.15) is 0 Å². The number of nitrogens with two attached hydrogens (primary N) is 1. The summed E-state index contributed by atoms with van der Waals surface area (Å²) < 4.78 is 0. The van der Waals surface area contributed by atoms with Crippen molar-refractivity contribution in [3.8, 4) is 0 Å². The van der Waals surface area contributed by atoms with E-state index in [0.717, 1.165) is 81.9 Å². The Morgan fingerprint density at radius 3 is 1.97 bits per heavy atom. The Balaban J connectivity index is 1.42. The third kappa shape index (κ3) is 5.92. The summed E-state index contributed by atoms with van der Waals surface area (Å²) in [7, 11) is 0. The summed E-state index contributed by atoms with van der Waals surface area (Å²) in [5.74, 6) is 0.771. The van der Waals surface area contributed by atoms with Gasteiger partial charge in [0.2, 0.25) is 11.8 Å². The van der Waals surface area contributed by atoms with E-state index in [4.69, 9.17) is 5.73 Å². The van der Waals surface area contributed by atoms with Crippen LogP contribution in [0.15, 0.2) is 24.3 Å². The fraction of sp³-hybridized carbons (Fsp3) is 0.704. The summed E-state index contributed by atoms with van der Waals surface area (Å²) in [5, 5.41) is 3.10. The number of hydrogen-bond donors (Lipinski definition) is 2. The highest BCUT2D eigenvalue weighted by Gasteiger charge is 2.34. The molecule has 1 aromatic carbocycles. The molecule has 5 heteroatoms. The Bertz CT molecular complexity index is 751. The molecular weight excluding hydrogens is 398 g/mol. The monoisotopic (exact) mass is 439 g/mol. The fourth-order valence-corrected chi connectivity index (χ4v) is 5.97. The molecule has 32 heavy (non-hydrogen) atoms. The van der Waals surface area contributed by atoms with Crippen molar-refractivity contribution in [1.82, 2.24) is 4.90 Å². The van der Waals surface area contributed by atoms with E-state index in [1.807, 2.05) is 12.1 Å². The molecule has 0 aromatic heterocycles. The Morgan fingerprint density at radius 1 is 0.781 bits per heavy atom. The van der Waals surface area contributed by atoms with Crippen LogP contribution in [0.3, 0.4) is 0 Å². The average molecular weight is 440 g/mol. The average Bonchev–Trinajstić information content (AvgIpc) is 2.85. The van der Waals surface area contributed by atoms with Gasteiger partial charge in [0.05, 0.1) is 0 Å². The lowest BCUT2D eigenvalue weighted by atomic mass is 9.85. The number of nitrogens with one attached hydrogen (secondary N) is 1. The van der Waals surface area contributed by atoms with Gasteiger partial charge in [-0.05, 0) is 56.2 Å². The van der Waals surface area contributed by atoms with E-state index in [9.17, 15) is 9.59 Å². The number of rotatable bonds is 6. The topological polar surface area (TPSA) is 75.4 Å². The lowest BCUT2D eigenvalue weighted by Crippen LogP contribution is -2.53. The molecule has 0 saturated heterocycles. The normalized spacial score (nSPS) is 25.3. The second-order valence-corrected chi connectivity index (χ2v) is 10.3. The van der Waals surface area contributed by atoms with Crippen molar-refractivity contribution in [2.24, 2.45) is 17.6 Å². The zero-order valence-electron chi connectivity index (χ0n) is 19.6. The highest BCUT2D eigenvalue weighted by Crippen LogP contribution is 2.31. The predicted octanol–water partition coefficient (Wildman–Crippen LogP) is 5.38. The van der Waals surface area contributed by atoms with Crippen molar-refractivity contribution >= 4 is 17.5 Å². The molecule has 0 heterocycles. The number of amides is 2. The van der Waals surface area contributed by atoms with Crippen molar-refractivity contribution < 1.29 is 9.59 Å². The molecule has 0 bridgehead atoms. The zero-order valence-corrected chi connectivity index (χ0v) is 19.6. The van der Waals surface area contributed by atoms with Crippen molar-refractivity contribution in [2.45, 2.75) is 109 Å². The summed E-state index contributed by atoms with van der Waals surface area (Å²) in [6, 6.07) is 8.31. The Labute approximate surface area is 193 Å². The van der Waals surface area contributed by atoms with Crippen molar-refractivity contribution in [3.63, 3.8) is 0 Å². The zero-order chi connectivity index (χ0) is 22.3. The third-order valence-corrected chi connectivity index (χ3v) is 7.97. The first kappa shape index (κ1) is 23.3. The van der Waals surface area contributed by atoms with Crippen LogP contribution in [0.25, 0.3) is 0 Å². The van der Waals surface area contributed by atoms with Crippen LogP contribution in [0.1, 0.15) is 95.5 Å². The van der Waals surface area contributed by atoms with E-state index in [0.29, 0.717) is 12.5 Å². The number of anilines is 1. The quantitative estimate of drug-likeness (QED) is 0.624. The molecule has 0 radical (unpaired) electrons. The lowest BCUT2D eigenvalue weighted by molar-refractivity contribution is -0.141. The largest absolute Gasteiger partial charge is 0.334 e. The molecule has 2 atom stereocenters. The summed E-state index contributed by atoms with van der Waals surface area (Å²) >= 11 is 0. The number of nitrogens with zero attached hydrogens (tertiary/aromatic N) is 1. The van der Waals surface area contributed by atoms with Gasteiger partial charge in [-0.1, -0.05) is 63.5 Å². The second-order valence-electron chi connectivity index (χ2n) is 10.3. The minimum atomic E-state index is 0.0744. The van der Waals surface area contributed by atoms with Crippen molar-refractivity contribution in [3.05, 3.63) is 29.8 Å². The van der Waals surface area contributed by atoms with Crippen LogP contribution in [-0.2, 0) is 16.1 Å². The second kappa shape index (κ2) is 11.3. The Kier molecular flexibility index (Phi) is 8.23. The highest BCUT2D eigenvalue weighted by molar-refractivity contribution is 5.92. The SMILES string of the molecule is NC1CCCCC1N(Cc1ccc(NC(=O)C2CCCCC2)cc1)C(=O)C1CCCCC1. The van der Waals surface area contributed by atoms with E-state index < -0.39 is 0 Å². The maximum Gasteiger partial charge on any atom is 0.227 e. The molecular formula is C27H41N3O2. The minimum Gasteiger partial charge on any atom is -0.334 e. The van der Waals surface area contributed by atoms with E-state index in [1.54, 1.807) is 0 Å². The van der Waals surface area contributed by atoms with Crippen molar-refractivity contribution in [1.29, 1.82) is 0 Å². The van der Waals surface area contributed by atoms with Crippen LogP contribution in [-0.4, -0.2) is 28.8 Å². The smallest absolute Gasteiger partial charge is 0.227 e. The number of benzene rings is 1. The van der Waals surface area contributed by atoms with Gasteiger partial charge in [-0.15, -0.1) is 0 Å². The van der Waals surface area contributed by atoms with Crippen LogP contribution in [0.2, 0.25) is 0 Å². The van der Waals surface area contributed by atoms with Gasteiger partial charge in [-0.3, -0.25) is 9.59 Å². The van der Waals surface area contributed by atoms with Gasteiger partial charge >= 0.3 is 0 Å². The fourth-order valence-electron chi connectivity index (χ4n) is 5.97. The van der Waals surface area contributed by atoms with Crippen LogP contribution in [0.4, 0.5) is 5.69 Å². The first-order valence-electron chi connectivity index (χ1n) is 13.1. The van der Waals surface area contributed by atoms with E-state index in [2.05, 4.69) is 22.3 Å². The molecule has 2 unspecified atom stereocenters. The van der Waals surface area contributed by atoms with Crippen LogP contribution in [0, 0.1) is 11.8 Å². The molecule has 3 aliphatic carbocycles. The molecule has 3 saturated carbocycles. The molecule has 2 amide bonds. The Hall–Kier alpha value is -1.88. The van der Waals surface area contributed by atoms with Crippen LogP contribution in [0.5, 0.6) is 0 Å².